The molecule has 31 heavy (non-hydrogen) atoms. The Morgan fingerprint density at radius 1 is 1.29 bits per heavy atom. The molecule has 0 atom stereocenters. The monoisotopic (exact) mass is 438 g/mol. The first-order valence-corrected chi connectivity index (χ1v) is 9.14. The second kappa shape index (κ2) is 8.00. The number of aromatic nitrogens is 4. The van der Waals surface area contributed by atoms with Crippen molar-refractivity contribution in [1.29, 1.82) is 0 Å². The lowest BCUT2D eigenvalue weighted by Crippen LogP contribution is -2.37. The van der Waals surface area contributed by atoms with Crippen molar-refractivity contribution < 1.29 is 32.5 Å². The van der Waals surface area contributed by atoms with Gasteiger partial charge in [0.1, 0.15) is 5.52 Å². The van der Waals surface area contributed by atoms with E-state index >= 15 is 0 Å². The van der Waals surface area contributed by atoms with Crippen molar-refractivity contribution in [3.8, 4) is 17.3 Å². The number of nitrogens with two attached hydrogens (primary N) is 1. The molecule has 3 N–H and O–H groups in total. The van der Waals surface area contributed by atoms with E-state index in [1.807, 2.05) is 4.90 Å². The van der Waals surface area contributed by atoms with Crippen LogP contribution in [-0.4, -0.2) is 57.1 Å². The molecule has 3 aromatic rings. The predicted octanol–water partition coefficient (Wildman–Crippen LogP) is 1.60. The molecule has 0 bridgehead atoms. The van der Waals surface area contributed by atoms with E-state index in [4.69, 9.17) is 10.5 Å². The van der Waals surface area contributed by atoms with Crippen LogP contribution in [0.25, 0.3) is 16.9 Å². The molecule has 3 aromatic heterocycles. The van der Waals surface area contributed by atoms with Crippen molar-refractivity contribution in [1.82, 2.24) is 19.6 Å². The number of nitrogens with zero attached hydrogens (tertiary/aromatic N) is 5. The van der Waals surface area contributed by atoms with E-state index in [0.717, 1.165) is 6.20 Å². The van der Waals surface area contributed by atoms with E-state index in [9.17, 15) is 23.1 Å². The van der Waals surface area contributed by atoms with Gasteiger partial charge in [0.25, 0.3) is 0 Å². The Labute approximate surface area is 173 Å². The molecule has 10 nitrogen and oxygen atoms in total. The van der Waals surface area contributed by atoms with E-state index in [-0.39, 0.29) is 12.4 Å². The number of pyridine rings is 1. The van der Waals surface area contributed by atoms with Crippen LogP contribution in [0, 0.1) is 0 Å². The summed E-state index contributed by atoms with van der Waals surface area (Å²) in [4.78, 5) is 20.9. The van der Waals surface area contributed by atoms with Gasteiger partial charge in [-0.3, -0.25) is 0 Å². The van der Waals surface area contributed by atoms with Crippen LogP contribution in [0.4, 0.5) is 23.8 Å². The number of halogens is 3. The van der Waals surface area contributed by atoms with Gasteiger partial charge < -0.3 is 25.2 Å². The molecular weight excluding hydrogens is 421 g/mol. The Balaban J connectivity index is 1.90. The van der Waals surface area contributed by atoms with Crippen LogP contribution in [0.15, 0.2) is 24.5 Å². The van der Waals surface area contributed by atoms with Crippen LogP contribution >= 0.6 is 0 Å². The first kappa shape index (κ1) is 20.8. The van der Waals surface area contributed by atoms with E-state index < -0.39 is 29.3 Å². The summed E-state index contributed by atoms with van der Waals surface area (Å²) in [5, 5.41) is 13.7. The smallest absolute Gasteiger partial charge is 0.392 e. The number of carbonyl (C=O) groups is 1. The van der Waals surface area contributed by atoms with Gasteiger partial charge in [-0.2, -0.15) is 13.2 Å². The molecule has 0 radical (unpaired) electrons. The van der Waals surface area contributed by atoms with Gasteiger partial charge in [0.2, 0.25) is 5.88 Å². The maximum absolute atomic E-state index is 13.8. The summed E-state index contributed by atoms with van der Waals surface area (Å²) in [6, 6.07) is 2.23. The Morgan fingerprint density at radius 2 is 2.03 bits per heavy atom. The van der Waals surface area contributed by atoms with Crippen molar-refractivity contribution in [2.24, 2.45) is 5.73 Å². The van der Waals surface area contributed by atoms with E-state index in [1.54, 1.807) is 6.07 Å². The largest absolute Gasteiger partial charge is 0.417 e. The maximum atomic E-state index is 13.8. The topological polar surface area (TPSA) is 128 Å². The summed E-state index contributed by atoms with van der Waals surface area (Å²) in [5.74, 6) is -0.431. The SMILES string of the molecule is NC(=O)Oc1cc(C(F)(F)F)c(-c2nc(N3CCOCC3)c3cc(CO)cn3n2)cn1. The van der Waals surface area contributed by atoms with Gasteiger partial charge >= 0.3 is 12.3 Å². The number of hydrogen-bond donors (Lipinski definition) is 2. The third kappa shape index (κ3) is 4.22. The van der Waals surface area contributed by atoms with E-state index in [1.165, 1.54) is 10.7 Å². The Kier molecular flexibility index (Phi) is 5.37. The average molecular weight is 438 g/mol. The summed E-state index contributed by atoms with van der Waals surface area (Å²) in [6.45, 7) is 1.58. The van der Waals surface area contributed by atoms with Crippen molar-refractivity contribution in [2.45, 2.75) is 12.8 Å². The molecule has 1 saturated heterocycles. The number of alkyl halides is 3. The number of hydrogen-bond acceptors (Lipinski definition) is 8. The normalized spacial score (nSPS) is 14.8. The minimum absolute atomic E-state index is 0.237. The van der Waals surface area contributed by atoms with Crippen molar-refractivity contribution in [2.75, 3.05) is 31.2 Å². The van der Waals surface area contributed by atoms with Crippen molar-refractivity contribution in [3.63, 3.8) is 0 Å². The summed E-state index contributed by atoms with van der Waals surface area (Å²) in [6.07, 6.45) is -3.71. The number of rotatable bonds is 4. The Hall–Kier alpha value is -3.45. The lowest BCUT2D eigenvalue weighted by molar-refractivity contribution is -0.137. The zero-order chi connectivity index (χ0) is 22.2. The highest BCUT2D eigenvalue weighted by molar-refractivity contribution is 5.74. The summed E-state index contributed by atoms with van der Waals surface area (Å²) in [7, 11) is 0. The fraction of sp³-hybridized carbons (Fsp3) is 0.333. The standard InChI is InChI=1S/C18H17F3N6O4/c19-18(20,21)12-6-14(31-17(22)29)23-7-11(12)15-24-16(26-1-3-30-4-2-26)13-5-10(9-28)8-27(13)25-15/h5-8,28H,1-4,9H2,(H2,22,29). The molecule has 1 amide bonds. The number of aliphatic hydroxyl groups is 1. The van der Waals surface area contributed by atoms with Gasteiger partial charge in [0.15, 0.2) is 11.6 Å². The first-order chi connectivity index (χ1) is 14.8. The van der Waals surface area contributed by atoms with Crippen LogP contribution in [-0.2, 0) is 17.5 Å². The second-order valence-corrected chi connectivity index (χ2v) is 6.68. The fourth-order valence-corrected chi connectivity index (χ4v) is 3.25. The lowest BCUT2D eigenvalue weighted by atomic mass is 10.1. The highest BCUT2D eigenvalue weighted by Crippen LogP contribution is 2.38. The van der Waals surface area contributed by atoms with Crippen molar-refractivity contribution in [3.05, 3.63) is 35.7 Å². The van der Waals surface area contributed by atoms with Crippen LogP contribution in [0.3, 0.4) is 0 Å². The minimum Gasteiger partial charge on any atom is -0.392 e. The Bertz CT molecular complexity index is 1130. The molecule has 0 saturated carbocycles. The van der Waals surface area contributed by atoms with Crippen molar-refractivity contribution >= 4 is 17.4 Å². The number of amides is 1. The molecular formula is C18H17F3N6O4. The second-order valence-electron chi connectivity index (χ2n) is 6.68. The summed E-state index contributed by atoms with van der Waals surface area (Å²) < 4.78 is 52.5. The molecule has 164 valence electrons. The number of anilines is 1. The fourth-order valence-electron chi connectivity index (χ4n) is 3.25. The van der Waals surface area contributed by atoms with Crippen LogP contribution in [0.5, 0.6) is 5.88 Å². The average Bonchev–Trinajstić information content (AvgIpc) is 3.16. The van der Waals surface area contributed by atoms with Crippen LogP contribution in [0.2, 0.25) is 0 Å². The molecule has 4 rings (SSSR count). The van der Waals surface area contributed by atoms with Gasteiger partial charge in [-0.15, -0.1) is 5.10 Å². The van der Waals surface area contributed by atoms with Gasteiger partial charge in [-0.05, 0) is 11.6 Å². The van der Waals surface area contributed by atoms with Crippen LogP contribution < -0.4 is 15.4 Å². The molecule has 1 aliphatic rings. The molecule has 4 heterocycles. The number of ether oxygens (including phenoxy) is 2. The van der Waals surface area contributed by atoms with Gasteiger partial charge in [0, 0.05) is 31.5 Å². The van der Waals surface area contributed by atoms with E-state index in [0.29, 0.717) is 49.3 Å². The molecule has 0 aliphatic carbocycles. The molecule has 0 spiro atoms. The molecule has 1 fully saturated rings. The third-order valence-corrected chi connectivity index (χ3v) is 4.62. The lowest BCUT2D eigenvalue weighted by Gasteiger charge is -2.28. The zero-order valence-corrected chi connectivity index (χ0v) is 16.0. The number of morpholine rings is 1. The van der Waals surface area contributed by atoms with Gasteiger partial charge in [-0.25, -0.2) is 19.3 Å². The van der Waals surface area contributed by atoms with Gasteiger partial charge in [-0.1, -0.05) is 0 Å². The number of carbonyl (C=O) groups excluding carboxylic acids is 1. The van der Waals surface area contributed by atoms with Crippen LogP contribution in [0.1, 0.15) is 11.1 Å². The highest BCUT2D eigenvalue weighted by Gasteiger charge is 2.36. The summed E-state index contributed by atoms with van der Waals surface area (Å²) >= 11 is 0. The molecule has 1 aliphatic heterocycles. The zero-order valence-electron chi connectivity index (χ0n) is 16.0. The molecule has 0 aromatic carbocycles. The maximum Gasteiger partial charge on any atom is 0.417 e. The first-order valence-electron chi connectivity index (χ1n) is 9.14. The van der Waals surface area contributed by atoms with Gasteiger partial charge in [0.05, 0.1) is 30.9 Å². The number of primary amides is 1. The number of aliphatic hydroxyl groups excluding tert-OH is 1. The number of fused-ring (bicyclic) bond motifs is 1. The predicted molar refractivity (Wildman–Crippen MR) is 100 cm³/mol. The quantitative estimate of drug-likeness (QED) is 0.629. The molecule has 13 heteroatoms. The third-order valence-electron chi connectivity index (χ3n) is 4.62. The summed E-state index contributed by atoms with van der Waals surface area (Å²) in [5.41, 5.74) is 4.39. The van der Waals surface area contributed by atoms with E-state index in [2.05, 4.69) is 19.8 Å². The Morgan fingerprint density at radius 3 is 2.68 bits per heavy atom. The highest BCUT2D eigenvalue weighted by atomic mass is 19.4. The minimum atomic E-state index is -4.81. The molecule has 0 unspecified atom stereocenters.